The maximum absolute atomic E-state index is 13.3. The lowest BCUT2D eigenvalue weighted by atomic mass is 9.99. The van der Waals surface area contributed by atoms with Gasteiger partial charge in [0, 0.05) is 7.05 Å². The van der Waals surface area contributed by atoms with Crippen molar-refractivity contribution in [1.29, 1.82) is 0 Å². The van der Waals surface area contributed by atoms with Crippen LogP contribution in [0.15, 0.2) is 30.3 Å². The molecule has 0 N–H and O–H groups in total. The highest BCUT2D eigenvalue weighted by molar-refractivity contribution is 5.99. The summed E-state index contributed by atoms with van der Waals surface area (Å²) in [7, 11) is 1.78. The molecule has 0 radical (unpaired) electrons. The predicted octanol–water partition coefficient (Wildman–Crippen LogP) is 2.88. The third-order valence-corrected chi connectivity index (χ3v) is 5.49. The molecule has 3 rings (SSSR count). The molecule has 2 aliphatic heterocycles. The van der Waals surface area contributed by atoms with E-state index in [9.17, 15) is 9.59 Å². The van der Waals surface area contributed by atoms with Gasteiger partial charge in [0.2, 0.25) is 5.91 Å². The van der Waals surface area contributed by atoms with E-state index in [1.807, 2.05) is 44.2 Å². The van der Waals surface area contributed by atoms with Crippen molar-refractivity contribution in [2.45, 2.75) is 51.2 Å². The topological polar surface area (TPSA) is 43.9 Å². The van der Waals surface area contributed by atoms with Gasteiger partial charge in [-0.05, 0) is 44.8 Å². The molecule has 2 aliphatic rings. The molecule has 3 atom stereocenters. The molecular weight excluding hydrogens is 302 g/mol. The quantitative estimate of drug-likeness (QED) is 0.853. The van der Waals surface area contributed by atoms with Crippen LogP contribution in [0.5, 0.6) is 0 Å². The Morgan fingerprint density at radius 3 is 2.42 bits per heavy atom. The molecule has 2 heterocycles. The number of carbonyl (C=O) groups excluding carboxylic acids is 2. The van der Waals surface area contributed by atoms with E-state index in [2.05, 4.69) is 4.90 Å². The molecule has 0 bridgehead atoms. The minimum absolute atomic E-state index is 0.0278. The molecule has 0 aliphatic carbocycles. The van der Waals surface area contributed by atoms with Gasteiger partial charge in [-0.25, -0.2) is 4.79 Å². The Morgan fingerprint density at radius 2 is 1.83 bits per heavy atom. The molecular formula is C19H27N3O2. The smallest absolute Gasteiger partial charge is 0.322 e. The molecule has 1 aromatic carbocycles. The van der Waals surface area contributed by atoms with Crippen molar-refractivity contribution in [3.63, 3.8) is 0 Å². The first-order valence-corrected chi connectivity index (χ1v) is 8.95. The van der Waals surface area contributed by atoms with E-state index in [-0.39, 0.29) is 30.1 Å². The number of nitrogens with zero attached hydrogens (tertiary/aromatic N) is 3. The minimum atomic E-state index is -0.215. The van der Waals surface area contributed by atoms with E-state index in [0.717, 1.165) is 37.9 Å². The zero-order valence-corrected chi connectivity index (χ0v) is 14.8. The highest BCUT2D eigenvalue weighted by atomic mass is 16.2. The maximum Gasteiger partial charge on any atom is 0.327 e. The number of hydrogen-bond donors (Lipinski definition) is 0. The van der Waals surface area contributed by atoms with Crippen LogP contribution in [-0.4, -0.2) is 58.9 Å². The number of hydrogen-bond acceptors (Lipinski definition) is 3. The third-order valence-electron chi connectivity index (χ3n) is 5.49. The van der Waals surface area contributed by atoms with Crippen molar-refractivity contribution in [3.8, 4) is 0 Å². The predicted molar refractivity (Wildman–Crippen MR) is 93.5 cm³/mol. The summed E-state index contributed by atoms with van der Waals surface area (Å²) in [5.74, 6) is -0.0468. The van der Waals surface area contributed by atoms with Gasteiger partial charge in [0.05, 0.1) is 18.1 Å². The maximum atomic E-state index is 13.3. The summed E-state index contributed by atoms with van der Waals surface area (Å²) < 4.78 is 0. The van der Waals surface area contributed by atoms with Crippen molar-refractivity contribution in [1.82, 2.24) is 14.7 Å². The number of likely N-dealkylation sites (N-methyl/N-ethyl adjacent to an activating group) is 1. The highest BCUT2D eigenvalue weighted by Gasteiger charge is 2.47. The van der Waals surface area contributed by atoms with Crippen LogP contribution in [-0.2, 0) is 4.79 Å². The number of carbonyl (C=O) groups is 2. The first-order valence-electron chi connectivity index (χ1n) is 8.95. The van der Waals surface area contributed by atoms with Crippen LogP contribution in [0.1, 0.15) is 44.7 Å². The number of urea groups is 1. The van der Waals surface area contributed by atoms with Gasteiger partial charge in [-0.1, -0.05) is 37.3 Å². The zero-order valence-electron chi connectivity index (χ0n) is 14.8. The summed E-state index contributed by atoms with van der Waals surface area (Å²) in [4.78, 5) is 31.5. The number of likely N-dealkylation sites (tertiary alicyclic amines) is 1. The Hall–Kier alpha value is -1.88. The van der Waals surface area contributed by atoms with Gasteiger partial charge in [-0.15, -0.1) is 0 Å². The van der Waals surface area contributed by atoms with Gasteiger partial charge in [0.25, 0.3) is 0 Å². The van der Waals surface area contributed by atoms with Crippen molar-refractivity contribution < 1.29 is 9.59 Å². The number of benzene rings is 1. The second-order valence-corrected chi connectivity index (χ2v) is 6.86. The van der Waals surface area contributed by atoms with E-state index in [0.29, 0.717) is 0 Å². The second-order valence-electron chi connectivity index (χ2n) is 6.86. The normalized spacial score (nSPS) is 26.2. The van der Waals surface area contributed by atoms with Gasteiger partial charge >= 0.3 is 6.03 Å². The zero-order chi connectivity index (χ0) is 17.3. The van der Waals surface area contributed by atoms with Gasteiger partial charge in [-0.2, -0.15) is 0 Å². The lowest BCUT2D eigenvalue weighted by Gasteiger charge is -2.31. The Morgan fingerprint density at radius 1 is 1.21 bits per heavy atom. The molecule has 24 heavy (non-hydrogen) atoms. The Balaban J connectivity index is 1.92. The lowest BCUT2D eigenvalue weighted by Crippen LogP contribution is -2.49. The Kier molecular flexibility index (Phi) is 4.90. The van der Waals surface area contributed by atoms with Crippen molar-refractivity contribution in [3.05, 3.63) is 35.9 Å². The minimum Gasteiger partial charge on any atom is -0.322 e. The lowest BCUT2D eigenvalue weighted by molar-refractivity contribution is -0.135. The van der Waals surface area contributed by atoms with E-state index >= 15 is 0 Å². The summed E-state index contributed by atoms with van der Waals surface area (Å²) in [5, 5.41) is 0. The van der Waals surface area contributed by atoms with Crippen molar-refractivity contribution >= 4 is 11.9 Å². The molecule has 0 unspecified atom stereocenters. The van der Waals surface area contributed by atoms with Crippen LogP contribution < -0.4 is 0 Å². The molecule has 3 amide bonds. The first-order chi connectivity index (χ1) is 11.6. The second kappa shape index (κ2) is 6.93. The van der Waals surface area contributed by atoms with Gasteiger partial charge in [0.15, 0.2) is 0 Å². The molecule has 1 aromatic rings. The van der Waals surface area contributed by atoms with E-state index < -0.39 is 0 Å². The molecule has 2 saturated heterocycles. The van der Waals surface area contributed by atoms with Crippen LogP contribution in [0.3, 0.4) is 0 Å². The van der Waals surface area contributed by atoms with Crippen LogP contribution >= 0.6 is 0 Å². The molecule has 5 heteroatoms. The van der Waals surface area contributed by atoms with Gasteiger partial charge in [-0.3, -0.25) is 14.6 Å². The molecule has 130 valence electrons. The molecule has 0 spiro atoms. The third kappa shape index (κ3) is 2.81. The first kappa shape index (κ1) is 17.0. The highest BCUT2D eigenvalue weighted by Crippen LogP contribution is 2.35. The fraction of sp³-hybridized carbons (Fsp3) is 0.579. The monoisotopic (exact) mass is 329 g/mol. The van der Waals surface area contributed by atoms with Gasteiger partial charge < -0.3 is 4.90 Å². The van der Waals surface area contributed by atoms with Crippen molar-refractivity contribution in [2.24, 2.45) is 0 Å². The van der Waals surface area contributed by atoms with E-state index in [4.69, 9.17) is 0 Å². The van der Waals surface area contributed by atoms with E-state index in [1.165, 1.54) is 4.90 Å². The summed E-state index contributed by atoms with van der Waals surface area (Å²) >= 11 is 0. The Labute approximate surface area is 144 Å². The molecule has 0 aromatic heterocycles. The Bertz CT molecular complexity index is 598. The van der Waals surface area contributed by atoms with Gasteiger partial charge in [0.1, 0.15) is 0 Å². The summed E-state index contributed by atoms with van der Waals surface area (Å²) in [6.07, 6.45) is 3.01. The molecule has 2 fully saturated rings. The fourth-order valence-electron chi connectivity index (χ4n) is 4.00. The SMILES string of the molecule is CC[C@H](C(=O)N1C(=O)N(C)[C@@H](C)[C@H]1c1ccccc1)N1CCCC1. The van der Waals surface area contributed by atoms with Crippen LogP contribution in [0.4, 0.5) is 4.79 Å². The fourth-order valence-corrected chi connectivity index (χ4v) is 4.00. The average Bonchev–Trinajstić information content (AvgIpc) is 3.19. The molecule has 5 nitrogen and oxygen atoms in total. The standard InChI is InChI=1S/C19H27N3O2/c1-4-16(21-12-8-9-13-21)18(23)22-17(14(2)20(3)19(22)24)15-10-6-5-7-11-15/h5-7,10-11,14,16-17H,4,8-9,12-13H2,1-3H3/t14-,16+,17-/m0/s1. The number of amides is 3. The van der Waals surface area contributed by atoms with E-state index in [1.54, 1.807) is 11.9 Å². The van der Waals surface area contributed by atoms with Crippen molar-refractivity contribution in [2.75, 3.05) is 20.1 Å². The summed E-state index contributed by atoms with van der Waals surface area (Å²) in [6, 6.07) is 9.28. The average molecular weight is 329 g/mol. The largest absolute Gasteiger partial charge is 0.327 e. The van der Waals surface area contributed by atoms with Crippen LogP contribution in [0.2, 0.25) is 0 Å². The number of imide groups is 1. The van der Waals surface area contributed by atoms with Crippen LogP contribution in [0.25, 0.3) is 0 Å². The summed E-state index contributed by atoms with van der Waals surface area (Å²) in [6.45, 7) is 5.95. The molecule has 0 saturated carbocycles. The van der Waals surface area contributed by atoms with Crippen LogP contribution in [0, 0.1) is 0 Å². The summed E-state index contributed by atoms with van der Waals surface area (Å²) in [5.41, 5.74) is 1.02. The number of rotatable bonds is 4.